The fraction of sp³-hybridized carbons (Fsp3) is 0.444. The van der Waals surface area contributed by atoms with Gasteiger partial charge in [-0.3, -0.25) is 4.79 Å². The van der Waals surface area contributed by atoms with Gasteiger partial charge in [0.25, 0.3) is 5.91 Å². The molecule has 1 aliphatic rings. The number of piperazine rings is 1. The number of benzene rings is 1. The molecular formula is C18H24ClFN4O. The van der Waals surface area contributed by atoms with E-state index in [1.165, 1.54) is 12.1 Å². The van der Waals surface area contributed by atoms with Gasteiger partial charge >= 0.3 is 0 Å². The first-order valence-electron chi connectivity index (χ1n) is 8.34. The largest absolute Gasteiger partial charge is 0.336 e. The first-order chi connectivity index (χ1) is 11.5. The zero-order valence-electron chi connectivity index (χ0n) is 14.7. The van der Waals surface area contributed by atoms with Crippen LogP contribution in [0.5, 0.6) is 0 Å². The molecule has 3 rings (SSSR count). The van der Waals surface area contributed by atoms with E-state index in [-0.39, 0.29) is 36.1 Å². The highest BCUT2D eigenvalue weighted by Gasteiger charge is 2.27. The van der Waals surface area contributed by atoms with Crippen LogP contribution in [0.2, 0.25) is 0 Å². The summed E-state index contributed by atoms with van der Waals surface area (Å²) in [7, 11) is 0. The molecule has 1 fully saturated rings. The average Bonchev–Trinajstić information content (AvgIpc) is 3.00. The van der Waals surface area contributed by atoms with Crippen molar-refractivity contribution in [3.05, 3.63) is 47.5 Å². The van der Waals surface area contributed by atoms with Crippen LogP contribution < -0.4 is 5.32 Å². The first kappa shape index (κ1) is 19.4. The number of halogens is 2. The minimum absolute atomic E-state index is 0. The molecule has 1 N–H and O–H groups in total. The van der Waals surface area contributed by atoms with Crippen molar-refractivity contribution in [2.45, 2.75) is 32.7 Å². The maximum absolute atomic E-state index is 13.2. The zero-order chi connectivity index (χ0) is 17.3. The highest BCUT2D eigenvalue weighted by Crippen LogP contribution is 2.24. The number of nitrogens with zero attached hydrogens (tertiary/aromatic N) is 3. The molecule has 25 heavy (non-hydrogen) atoms. The van der Waals surface area contributed by atoms with Gasteiger partial charge in [-0.05, 0) is 37.1 Å². The summed E-state index contributed by atoms with van der Waals surface area (Å²) in [6, 6.07) is 6.45. The predicted octanol–water partition coefficient (Wildman–Crippen LogP) is 2.99. The molecule has 0 aliphatic carbocycles. The Morgan fingerprint density at radius 1 is 1.32 bits per heavy atom. The number of nitrogens with one attached hydrogen (secondary N) is 1. The van der Waals surface area contributed by atoms with Gasteiger partial charge in [0.15, 0.2) is 0 Å². The van der Waals surface area contributed by atoms with Gasteiger partial charge in [-0.15, -0.1) is 12.4 Å². The van der Waals surface area contributed by atoms with Crippen molar-refractivity contribution in [2.75, 3.05) is 19.6 Å². The Kier molecular flexibility index (Phi) is 6.19. The third-order valence-electron chi connectivity index (χ3n) is 4.31. The monoisotopic (exact) mass is 366 g/mol. The standard InChI is InChI=1S/C18H23FN4O.ClH/c1-12(2)17-16(18(24)22-9-8-20-13(3)11-22)10-21-23(17)15-6-4-14(19)5-7-15;/h4-7,10,12-13,20H,8-9,11H2,1-3H3;1H. The highest BCUT2D eigenvalue weighted by molar-refractivity contribution is 5.95. The number of rotatable bonds is 3. The van der Waals surface area contributed by atoms with E-state index in [2.05, 4.69) is 17.3 Å². The highest BCUT2D eigenvalue weighted by atomic mass is 35.5. The summed E-state index contributed by atoms with van der Waals surface area (Å²) in [4.78, 5) is 14.8. The first-order valence-corrected chi connectivity index (χ1v) is 8.34. The molecule has 1 aromatic heterocycles. The lowest BCUT2D eigenvalue weighted by molar-refractivity contribution is 0.0707. The van der Waals surface area contributed by atoms with Crippen LogP contribution in [0.1, 0.15) is 42.7 Å². The van der Waals surface area contributed by atoms with Crippen molar-refractivity contribution in [2.24, 2.45) is 0 Å². The molecule has 1 atom stereocenters. The quantitative estimate of drug-likeness (QED) is 0.908. The SMILES string of the molecule is CC1CN(C(=O)c2cnn(-c3ccc(F)cc3)c2C(C)C)CCN1.Cl. The lowest BCUT2D eigenvalue weighted by Crippen LogP contribution is -2.51. The van der Waals surface area contributed by atoms with Gasteiger partial charge in [0.2, 0.25) is 0 Å². The summed E-state index contributed by atoms with van der Waals surface area (Å²) in [5, 5.41) is 7.75. The Morgan fingerprint density at radius 3 is 2.60 bits per heavy atom. The van der Waals surface area contributed by atoms with Crippen molar-refractivity contribution in [3.8, 4) is 5.69 Å². The summed E-state index contributed by atoms with van der Waals surface area (Å²) in [5.74, 6) is -0.152. The Bertz CT molecular complexity index is 729. The van der Waals surface area contributed by atoms with Crippen LogP contribution in [0.15, 0.2) is 30.5 Å². The molecule has 1 amide bonds. The summed E-state index contributed by atoms with van der Waals surface area (Å²) in [6.45, 7) is 8.34. The van der Waals surface area contributed by atoms with Crippen LogP contribution in [0.4, 0.5) is 4.39 Å². The van der Waals surface area contributed by atoms with Crippen molar-refractivity contribution < 1.29 is 9.18 Å². The molecule has 7 heteroatoms. The fourth-order valence-electron chi connectivity index (χ4n) is 3.15. The molecule has 1 saturated heterocycles. The molecular weight excluding hydrogens is 343 g/mol. The van der Waals surface area contributed by atoms with Crippen LogP contribution in [-0.2, 0) is 0 Å². The van der Waals surface area contributed by atoms with Crippen LogP contribution in [0.25, 0.3) is 5.69 Å². The number of carbonyl (C=O) groups excluding carboxylic acids is 1. The molecule has 136 valence electrons. The third kappa shape index (κ3) is 4.02. The number of carbonyl (C=O) groups is 1. The van der Waals surface area contributed by atoms with Gasteiger partial charge in [0.05, 0.1) is 23.1 Å². The second-order valence-electron chi connectivity index (χ2n) is 6.59. The number of aromatic nitrogens is 2. The molecule has 5 nitrogen and oxygen atoms in total. The van der Waals surface area contributed by atoms with Gasteiger partial charge in [-0.25, -0.2) is 9.07 Å². The summed E-state index contributed by atoms with van der Waals surface area (Å²) in [6.07, 6.45) is 1.63. The average molecular weight is 367 g/mol. The molecule has 0 saturated carbocycles. The molecule has 2 aromatic rings. The van der Waals surface area contributed by atoms with E-state index >= 15 is 0 Å². The van der Waals surface area contributed by atoms with E-state index < -0.39 is 0 Å². The zero-order valence-corrected chi connectivity index (χ0v) is 15.5. The second kappa shape index (κ2) is 7.97. The van der Waals surface area contributed by atoms with Crippen LogP contribution in [-0.4, -0.2) is 46.3 Å². The second-order valence-corrected chi connectivity index (χ2v) is 6.59. The summed E-state index contributed by atoms with van der Waals surface area (Å²) < 4.78 is 14.9. The predicted molar refractivity (Wildman–Crippen MR) is 98.2 cm³/mol. The smallest absolute Gasteiger partial charge is 0.257 e. The van der Waals surface area contributed by atoms with Gasteiger partial charge in [-0.1, -0.05) is 13.8 Å². The molecule has 1 aliphatic heterocycles. The Hall–Kier alpha value is -1.92. The fourth-order valence-corrected chi connectivity index (χ4v) is 3.15. The lowest BCUT2D eigenvalue weighted by Gasteiger charge is -2.32. The normalized spacial score (nSPS) is 17.5. The number of hydrogen-bond donors (Lipinski definition) is 1. The van der Waals surface area contributed by atoms with E-state index in [9.17, 15) is 9.18 Å². The molecule has 0 radical (unpaired) electrons. The van der Waals surface area contributed by atoms with Crippen LogP contribution in [0, 0.1) is 5.82 Å². The third-order valence-corrected chi connectivity index (χ3v) is 4.31. The van der Waals surface area contributed by atoms with Gasteiger partial charge < -0.3 is 10.2 Å². The van der Waals surface area contributed by atoms with E-state index in [4.69, 9.17) is 0 Å². The van der Waals surface area contributed by atoms with Crippen molar-refractivity contribution in [1.29, 1.82) is 0 Å². The Balaban J connectivity index is 0.00000225. The molecule has 1 unspecified atom stereocenters. The van der Waals surface area contributed by atoms with Crippen molar-refractivity contribution in [3.63, 3.8) is 0 Å². The van der Waals surface area contributed by atoms with E-state index in [1.807, 2.05) is 18.7 Å². The molecule has 1 aromatic carbocycles. The molecule has 0 bridgehead atoms. The summed E-state index contributed by atoms with van der Waals surface area (Å²) >= 11 is 0. The molecule has 0 spiro atoms. The van der Waals surface area contributed by atoms with E-state index in [0.717, 1.165) is 17.9 Å². The summed E-state index contributed by atoms with van der Waals surface area (Å²) in [5.41, 5.74) is 2.24. The Morgan fingerprint density at radius 2 is 2.00 bits per heavy atom. The van der Waals surface area contributed by atoms with Crippen molar-refractivity contribution >= 4 is 18.3 Å². The van der Waals surface area contributed by atoms with Gasteiger partial charge in [0.1, 0.15) is 5.82 Å². The number of hydrogen-bond acceptors (Lipinski definition) is 3. The Labute approximate surface area is 153 Å². The topological polar surface area (TPSA) is 50.2 Å². The minimum atomic E-state index is -0.289. The maximum Gasteiger partial charge on any atom is 0.257 e. The van der Waals surface area contributed by atoms with Crippen LogP contribution >= 0.6 is 12.4 Å². The minimum Gasteiger partial charge on any atom is -0.336 e. The van der Waals surface area contributed by atoms with Crippen molar-refractivity contribution in [1.82, 2.24) is 20.0 Å². The van der Waals surface area contributed by atoms with Gasteiger partial charge in [0, 0.05) is 25.7 Å². The van der Waals surface area contributed by atoms with Gasteiger partial charge in [-0.2, -0.15) is 5.10 Å². The maximum atomic E-state index is 13.2. The van der Waals surface area contributed by atoms with E-state index in [0.29, 0.717) is 18.7 Å². The van der Waals surface area contributed by atoms with E-state index in [1.54, 1.807) is 23.0 Å². The molecule has 2 heterocycles. The number of amides is 1. The van der Waals surface area contributed by atoms with Crippen LogP contribution in [0.3, 0.4) is 0 Å². The lowest BCUT2D eigenvalue weighted by atomic mass is 10.0.